The Bertz CT molecular complexity index is 501. The van der Waals surface area contributed by atoms with Crippen LogP contribution in [0.5, 0.6) is 5.75 Å². The van der Waals surface area contributed by atoms with E-state index in [2.05, 4.69) is 5.32 Å². The first-order valence-electron chi connectivity index (χ1n) is 5.85. The number of hydrogen-bond donors (Lipinski definition) is 1. The lowest BCUT2D eigenvalue weighted by Crippen LogP contribution is -2.35. The number of nitriles is 1. The van der Waals surface area contributed by atoms with Crippen LogP contribution in [0.15, 0.2) is 18.2 Å². The molecule has 0 fully saturated rings. The molecule has 0 bridgehead atoms. The minimum Gasteiger partial charge on any atom is -0.478 e. The Morgan fingerprint density at radius 3 is 2.68 bits per heavy atom. The molecule has 19 heavy (non-hydrogen) atoms. The topological polar surface area (TPSA) is 88.2 Å². The van der Waals surface area contributed by atoms with Crippen LogP contribution in [-0.2, 0) is 6.54 Å². The van der Waals surface area contributed by atoms with Crippen molar-refractivity contribution >= 4 is 5.69 Å². The molecule has 0 aliphatic heterocycles. The maximum absolute atomic E-state index is 10.8. The van der Waals surface area contributed by atoms with Crippen molar-refractivity contribution in [3.8, 4) is 11.8 Å². The molecule has 0 aliphatic carbocycles. The van der Waals surface area contributed by atoms with Crippen LogP contribution in [-0.4, -0.2) is 17.1 Å². The van der Waals surface area contributed by atoms with E-state index in [1.165, 1.54) is 18.2 Å². The molecule has 0 spiro atoms. The second-order valence-corrected chi connectivity index (χ2v) is 5.10. The summed E-state index contributed by atoms with van der Waals surface area (Å²) in [6.07, 6.45) is 0. The SMILES string of the molecule is CC(C)(C)NCc1cc([N+](=O)[O-])ccc1OCC#N. The van der Waals surface area contributed by atoms with E-state index in [9.17, 15) is 10.1 Å². The number of non-ortho nitro benzene ring substituents is 1. The highest BCUT2D eigenvalue weighted by Crippen LogP contribution is 2.24. The van der Waals surface area contributed by atoms with E-state index in [-0.39, 0.29) is 17.8 Å². The summed E-state index contributed by atoms with van der Waals surface area (Å²) in [6, 6.07) is 6.23. The molecule has 0 amide bonds. The van der Waals surface area contributed by atoms with E-state index in [0.717, 1.165) is 0 Å². The predicted octanol–water partition coefficient (Wildman–Crippen LogP) is 2.39. The first-order valence-corrected chi connectivity index (χ1v) is 5.85. The van der Waals surface area contributed by atoms with Crippen molar-refractivity contribution in [2.45, 2.75) is 32.9 Å². The Hall–Kier alpha value is -2.13. The molecule has 0 atom stereocenters. The van der Waals surface area contributed by atoms with Gasteiger partial charge in [0.1, 0.15) is 11.8 Å². The van der Waals surface area contributed by atoms with Gasteiger partial charge in [-0.25, -0.2) is 0 Å². The molecule has 0 aromatic heterocycles. The van der Waals surface area contributed by atoms with Gasteiger partial charge in [0.25, 0.3) is 5.69 Å². The summed E-state index contributed by atoms with van der Waals surface area (Å²) < 4.78 is 5.26. The second kappa shape index (κ2) is 6.16. The Morgan fingerprint density at radius 2 is 2.16 bits per heavy atom. The Morgan fingerprint density at radius 1 is 1.47 bits per heavy atom. The van der Waals surface area contributed by atoms with E-state index >= 15 is 0 Å². The molecule has 0 unspecified atom stereocenters. The summed E-state index contributed by atoms with van der Waals surface area (Å²) in [6.45, 7) is 6.35. The molecule has 1 aromatic rings. The number of nitro groups is 1. The van der Waals surface area contributed by atoms with E-state index in [4.69, 9.17) is 10.00 Å². The third kappa shape index (κ3) is 4.94. The lowest BCUT2D eigenvalue weighted by Gasteiger charge is -2.21. The average Bonchev–Trinajstić information content (AvgIpc) is 2.33. The van der Waals surface area contributed by atoms with Gasteiger partial charge in [0.15, 0.2) is 6.61 Å². The number of nitrogens with one attached hydrogen (secondary N) is 1. The minimum absolute atomic E-state index is 0.00927. The van der Waals surface area contributed by atoms with Gasteiger partial charge in [-0.2, -0.15) is 5.26 Å². The molecule has 6 heteroatoms. The van der Waals surface area contributed by atoms with Gasteiger partial charge in [-0.15, -0.1) is 0 Å². The second-order valence-electron chi connectivity index (χ2n) is 5.10. The molecule has 0 radical (unpaired) electrons. The maximum Gasteiger partial charge on any atom is 0.270 e. The van der Waals surface area contributed by atoms with Crippen LogP contribution in [0.3, 0.4) is 0 Å². The molecular weight excluding hydrogens is 246 g/mol. The fourth-order valence-electron chi connectivity index (χ4n) is 1.43. The third-order valence-corrected chi connectivity index (χ3v) is 2.36. The zero-order valence-electron chi connectivity index (χ0n) is 11.3. The summed E-state index contributed by atoms with van der Waals surface area (Å²) in [5, 5.41) is 22.5. The first-order chi connectivity index (χ1) is 8.83. The molecule has 1 rings (SSSR count). The Balaban J connectivity index is 2.97. The molecule has 6 nitrogen and oxygen atoms in total. The van der Waals surface area contributed by atoms with Crippen LogP contribution in [0.25, 0.3) is 0 Å². The average molecular weight is 263 g/mol. The molecule has 0 saturated heterocycles. The van der Waals surface area contributed by atoms with E-state index in [1.54, 1.807) is 0 Å². The van der Waals surface area contributed by atoms with Crippen LogP contribution in [0.2, 0.25) is 0 Å². The third-order valence-electron chi connectivity index (χ3n) is 2.36. The van der Waals surface area contributed by atoms with Crippen molar-refractivity contribution in [2.24, 2.45) is 0 Å². The van der Waals surface area contributed by atoms with Crippen molar-refractivity contribution in [2.75, 3.05) is 6.61 Å². The highest BCUT2D eigenvalue weighted by atomic mass is 16.6. The van der Waals surface area contributed by atoms with Crippen molar-refractivity contribution in [3.05, 3.63) is 33.9 Å². The molecule has 1 aromatic carbocycles. The van der Waals surface area contributed by atoms with E-state index in [0.29, 0.717) is 17.9 Å². The lowest BCUT2D eigenvalue weighted by molar-refractivity contribution is -0.384. The van der Waals surface area contributed by atoms with Crippen LogP contribution < -0.4 is 10.1 Å². The zero-order chi connectivity index (χ0) is 14.5. The standard InChI is InChI=1S/C13H17N3O3/c1-13(2,3)15-9-10-8-11(16(17)18)4-5-12(10)19-7-6-14/h4-5,8,15H,7,9H2,1-3H3. The van der Waals surface area contributed by atoms with Gasteiger partial charge in [-0.3, -0.25) is 10.1 Å². The van der Waals surface area contributed by atoms with Gasteiger partial charge in [0, 0.05) is 29.8 Å². The monoisotopic (exact) mass is 263 g/mol. The summed E-state index contributed by atoms with van der Waals surface area (Å²) in [7, 11) is 0. The van der Waals surface area contributed by atoms with E-state index < -0.39 is 4.92 Å². The summed E-state index contributed by atoms with van der Waals surface area (Å²) in [5.41, 5.74) is 0.561. The summed E-state index contributed by atoms with van der Waals surface area (Å²) in [4.78, 5) is 10.3. The predicted molar refractivity (Wildman–Crippen MR) is 70.8 cm³/mol. The van der Waals surface area contributed by atoms with Gasteiger partial charge in [0.2, 0.25) is 0 Å². The molecule has 0 heterocycles. The number of nitro benzene ring substituents is 1. The minimum atomic E-state index is -0.450. The van der Waals surface area contributed by atoms with Crippen molar-refractivity contribution in [1.29, 1.82) is 5.26 Å². The number of rotatable bonds is 5. The smallest absolute Gasteiger partial charge is 0.270 e. The summed E-state index contributed by atoms with van der Waals surface area (Å²) >= 11 is 0. The van der Waals surface area contributed by atoms with Gasteiger partial charge in [-0.1, -0.05) is 0 Å². The number of hydrogen-bond acceptors (Lipinski definition) is 5. The molecule has 1 N–H and O–H groups in total. The highest BCUT2D eigenvalue weighted by molar-refractivity contribution is 5.44. The molecule has 0 saturated carbocycles. The van der Waals surface area contributed by atoms with Crippen LogP contribution in [0.1, 0.15) is 26.3 Å². The van der Waals surface area contributed by atoms with Crippen LogP contribution in [0.4, 0.5) is 5.69 Å². The maximum atomic E-state index is 10.8. The quantitative estimate of drug-likeness (QED) is 0.650. The van der Waals surface area contributed by atoms with Crippen molar-refractivity contribution in [1.82, 2.24) is 5.32 Å². The molecule has 0 aliphatic rings. The molecule has 102 valence electrons. The first kappa shape index (κ1) is 14.9. The molecular formula is C13H17N3O3. The normalized spacial score (nSPS) is 10.8. The lowest BCUT2D eigenvalue weighted by atomic mass is 10.1. The summed E-state index contributed by atoms with van der Waals surface area (Å²) in [5.74, 6) is 0.490. The van der Waals surface area contributed by atoms with Crippen LogP contribution in [0, 0.1) is 21.4 Å². The number of ether oxygens (including phenoxy) is 1. The number of nitrogens with zero attached hydrogens (tertiary/aromatic N) is 2. The highest BCUT2D eigenvalue weighted by Gasteiger charge is 2.15. The fourth-order valence-corrected chi connectivity index (χ4v) is 1.43. The van der Waals surface area contributed by atoms with Crippen LogP contribution >= 0.6 is 0 Å². The van der Waals surface area contributed by atoms with Gasteiger partial charge < -0.3 is 10.1 Å². The van der Waals surface area contributed by atoms with E-state index in [1.807, 2.05) is 26.8 Å². The largest absolute Gasteiger partial charge is 0.478 e. The van der Waals surface area contributed by atoms with Crippen molar-refractivity contribution in [3.63, 3.8) is 0 Å². The van der Waals surface area contributed by atoms with Gasteiger partial charge in [-0.05, 0) is 26.8 Å². The van der Waals surface area contributed by atoms with Gasteiger partial charge in [0.05, 0.1) is 4.92 Å². The Kier molecular flexibility index (Phi) is 4.84. The fraction of sp³-hybridized carbons (Fsp3) is 0.462. The van der Waals surface area contributed by atoms with Gasteiger partial charge >= 0.3 is 0 Å². The van der Waals surface area contributed by atoms with Crippen molar-refractivity contribution < 1.29 is 9.66 Å². The Labute approximate surface area is 112 Å². The number of benzene rings is 1. The zero-order valence-corrected chi connectivity index (χ0v) is 11.3.